The van der Waals surface area contributed by atoms with Crippen LogP contribution in [0.1, 0.15) is 32.1 Å². The lowest BCUT2D eigenvalue weighted by Gasteiger charge is -2.42. The van der Waals surface area contributed by atoms with Crippen molar-refractivity contribution in [2.24, 2.45) is 12.8 Å². The molecule has 0 aliphatic heterocycles. The molecule has 7 heteroatoms. The Bertz CT molecular complexity index is 532. The van der Waals surface area contributed by atoms with E-state index >= 15 is 0 Å². The quantitative estimate of drug-likeness (QED) is 0.883. The molecule has 0 saturated heterocycles. The maximum atomic E-state index is 12.6. The predicted molar refractivity (Wildman–Crippen MR) is 73.0 cm³/mol. The molecule has 0 bridgehead atoms. The lowest BCUT2D eigenvalue weighted by Crippen LogP contribution is -2.55. The van der Waals surface area contributed by atoms with Crippen LogP contribution in [0.3, 0.4) is 0 Å². The topological polar surface area (TPSA) is 81.2 Å². The normalized spacial score (nSPS) is 19.8. The monoisotopic (exact) mass is 286 g/mol. The van der Waals surface area contributed by atoms with Crippen molar-refractivity contribution in [3.05, 3.63) is 12.4 Å². The largest absolute Gasteiger partial charge is 0.329 e. The Morgan fingerprint density at radius 2 is 2.05 bits per heavy atom. The first-order valence-corrected chi connectivity index (χ1v) is 8.04. The highest BCUT2D eigenvalue weighted by Crippen LogP contribution is 2.35. The number of hydrogen-bond donors (Lipinski definition) is 1. The Kier molecular flexibility index (Phi) is 3.98. The molecule has 6 nitrogen and oxygen atoms in total. The first-order valence-electron chi connectivity index (χ1n) is 6.60. The van der Waals surface area contributed by atoms with Crippen LogP contribution < -0.4 is 5.73 Å². The van der Waals surface area contributed by atoms with Gasteiger partial charge in [-0.2, -0.15) is 9.40 Å². The molecule has 0 radical (unpaired) electrons. The standard InChI is InChI=1S/C12H22N4O2S/c1-15-9-11(8-14-15)19(17,18)16(2)12(10-13)6-4-3-5-7-12/h8-9H,3-7,10,13H2,1-2H3. The van der Waals surface area contributed by atoms with Crippen LogP contribution in [0, 0.1) is 0 Å². The van der Waals surface area contributed by atoms with E-state index in [1.165, 1.54) is 21.4 Å². The lowest BCUT2D eigenvalue weighted by atomic mass is 9.82. The molecular weight excluding hydrogens is 264 g/mol. The zero-order valence-corrected chi connectivity index (χ0v) is 12.4. The molecule has 0 spiro atoms. The van der Waals surface area contributed by atoms with Crippen LogP contribution in [0.15, 0.2) is 17.3 Å². The Morgan fingerprint density at radius 1 is 1.42 bits per heavy atom. The molecule has 108 valence electrons. The summed E-state index contributed by atoms with van der Waals surface area (Å²) in [6, 6.07) is 0. The molecule has 1 saturated carbocycles. The van der Waals surface area contributed by atoms with Gasteiger partial charge in [0, 0.05) is 32.4 Å². The van der Waals surface area contributed by atoms with Crippen LogP contribution in [-0.2, 0) is 17.1 Å². The molecule has 2 rings (SSSR count). The molecule has 1 aliphatic carbocycles. The fourth-order valence-electron chi connectivity index (χ4n) is 2.80. The summed E-state index contributed by atoms with van der Waals surface area (Å²) >= 11 is 0. The molecule has 19 heavy (non-hydrogen) atoms. The second-order valence-corrected chi connectivity index (χ2v) is 7.28. The van der Waals surface area contributed by atoms with Crippen molar-refractivity contribution in [2.45, 2.75) is 42.5 Å². The van der Waals surface area contributed by atoms with Gasteiger partial charge in [0.15, 0.2) is 0 Å². The number of nitrogens with zero attached hydrogens (tertiary/aromatic N) is 3. The minimum atomic E-state index is -3.52. The molecule has 0 unspecified atom stereocenters. The second kappa shape index (κ2) is 5.22. The molecular formula is C12H22N4O2S. The third-order valence-electron chi connectivity index (χ3n) is 4.17. The highest BCUT2D eigenvalue weighted by atomic mass is 32.2. The molecule has 0 amide bonds. The van der Waals surface area contributed by atoms with E-state index in [2.05, 4.69) is 5.10 Å². The van der Waals surface area contributed by atoms with Gasteiger partial charge in [-0.3, -0.25) is 4.68 Å². The fourth-order valence-corrected chi connectivity index (χ4v) is 4.35. The molecule has 1 heterocycles. The van der Waals surface area contributed by atoms with Gasteiger partial charge in [0.05, 0.1) is 6.20 Å². The minimum absolute atomic E-state index is 0.232. The highest BCUT2D eigenvalue weighted by Gasteiger charge is 2.41. The summed E-state index contributed by atoms with van der Waals surface area (Å²) in [7, 11) is -0.172. The molecule has 1 fully saturated rings. The zero-order valence-electron chi connectivity index (χ0n) is 11.5. The van der Waals surface area contributed by atoms with Crippen LogP contribution in [0.4, 0.5) is 0 Å². The van der Waals surface area contributed by atoms with Gasteiger partial charge in [0.25, 0.3) is 0 Å². The van der Waals surface area contributed by atoms with Crippen molar-refractivity contribution >= 4 is 10.0 Å². The van der Waals surface area contributed by atoms with E-state index in [1.807, 2.05) is 0 Å². The minimum Gasteiger partial charge on any atom is -0.329 e. The summed E-state index contributed by atoms with van der Waals surface area (Å²) in [4.78, 5) is 0.232. The lowest BCUT2D eigenvalue weighted by molar-refractivity contribution is 0.159. The van der Waals surface area contributed by atoms with E-state index in [0.29, 0.717) is 6.54 Å². The number of aromatic nitrogens is 2. The van der Waals surface area contributed by atoms with Crippen molar-refractivity contribution in [3.8, 4) is 0 Å². The van der Waals surface area contributed by atoms with Gasteiger partial charge in [0.1, 0.15) is 4.90 Å². The van der Waals surface area contributed by atoms with Gasteiger partial charge in [-0.05, 0) is 12.8 Å². The van der Waals surface area contributed by atoms with Gasteiger partial charge < -0.3 is 5.73 Å². The molecule has 0 aromatic carbocycles. The maximum Gasteiger partial charge on any atom is 0.246 e. The number of rotatable bonds is 4. The van der Waals surface area contributed by atoms with Gasteiger partial charge in [0.2, 0.25) is 10.0 Å². The smallest absolute Gasteiger partial charge is 0.246 e. The number of aryl methyl sites for hydroxylation is 1. The first-order chi connectivity index (χ1) is 8.92. The summed E-state index contributed by atoms with van der Waals surface area (Å²) in [5.74, 6) is 0. The number of sulfonamides is 1. The van der Waals surface area contributed by atoms with E-state index in [9.17, 15) is 8.42 Å². The Morgan fingerprint density at radius 3 is 2.53 bits per heavy atom. The van der Waals surface area contributed by atoms with Crippen LogP contribution in [0.5, 0.6) is 0 Å². The number of likely N-dealkylation sites (N-methyl/N-ethyl adjacent to an activating group) is 1. The third kappa shape index (κ3) is 2.54. The van der Waals surface area contributed by atoms with E-state index in [4.69, 9.17) is 5.73 Å². The van der Waals surface area contributed by atoms with Crippen molar-refractivity contribution in [1.82, 2.24) is 14.1 Å². The Labute approximate surface area is 114 Å². The first kappa shape index (κ1) is 14.5. The van der Waals surface area contributed by atoms with E-state index < -0.39 is 15.6 Å². The second-order valence-electron chi connectivity index (χ2n) is 5.31. The Hall–Kier alpha value is -0.920. The van der Waals surface area contributed by atoms with Gasteiger partial charge in [-0.15, -0.1) is 0 Å². The zero-order chi connectivity index (χ0) is 14.1. The van der Waals surface area contributed by atoms with Crippen molar-refractivity contribution in [1.29, 1.82) is 0 Å². The molecule has 0 atom stereocenters. The SMILES string of the molecule is CN(C1(CN)CCCCC1)S(=O)(=O)c1cnn(C)c1. The fraction of sp³-hybridized carbons (Fsp3) is 0.750. The van der Waals surface area contributed by atoms with Gasteiger partial charge >= 0.3 is 0 Å². The highest BCUT2D eigenvalue weighted by molar-refractivity contribution is 7.89. The number of hydrogen-bond acceptors (Lipinski definition) is 4. The van der Waals surface area contributed by atoms with Crippen LogP contribution in [0.2, 0.25) is 0 Å². The van der Waals surface area contributed by atoms with Crippen LogP contribution in [-0.4, -0.2) is 41.6 Å². The number of nitrogens with two attached hydrogens (primary N) is 1. The van der Waals surface area contributed by atoms with Gasteiger partial charge in [-0.25, -0.2) is 8.42 Å². The maximum absolute atomic E-state index is 12.6. The van der Waals surface area contributed by atoms with E-state index in [0.717, 1.165) is 32.1 Å². The Balaban J connectivity index is 2.33. The van der Waals surface area contributed by atoms with E-state index in [1.54, 1.807) is 14.1 Å². The van der Waals surface area contributed by atoms with Crippen molar-refractivity contribution < 1.29 is 8.42 Å². The summed E-state index contributed by atoms with van der Waals surface area (Å²) in [5.41, 5.74) is 5.45. The average Bonchev–Trinajstić information content (AvgIpc) is 2.86. The van der Waals surface area contributed by atoms with Crippen molar-refractivity contribution in [3.63, 3.8) is 0 Å². The summed E-state index contributed by atoms with van der Waals surface area (Å²) in [6.45, 7) is 0.364. The molecule has 1 aromatic rings. The predicted octanol–water partition coefficient (Wildman–Crippen LogP) is 0.702. The molecule has 2 N–H and O–H groups in total. The van der Waals surface area contributed by atoms with E-state index in [-0.39, 0.29) is 4.90 Å². The van der Waals surface area contributed by atoms with Gasteiger partial charge in [-0.1, -0.05) is 19.3 Å². The van der Waals surface area contributed by atoms with Crippen molar-refractivity contribution in [2.75, 3.05) is 13.6 Å². The average molecular weight is 286 g/mol. The summed E-state index contributed by atoms with van der Waals surface area (Å²) in [6.07, 6.45) is 7.80. The third-order valence-corrected chi connectivity index (χ3v) is 6.09. The summed E-state index contributed by atoms with van der Waals surface area (Å²) < 4.78 is 28.2. The molecule has 1 aromatic heterocycles. The summed E-state index contributed by atoms with van der Waals surface area (Å²) in [5, 5.41) is 3.94. The molecule has 1 aliphatic rings. The van der Waals surface area contributed by atoms with Crippen LogP contribution >= 0.6 is 0 Å². The van der Waals surface area contributed by atoms with Crippen LogP contribution in [0.25, 0.3) is 0 Å².